The van der Waals surface area contributed by atoms with E-state index in [0.29, 0.717) is 0 Å². The molecule has 4 aliphatic carbocycles. The molecule has 4 nitrogen and oxygen atoms in total. The van der Waals surface area contributed by atoms with Crippen molar-refractivity contribution in [3.05, 3.63) is 47.8 Å². The molecular weight excluding hydrogens is 351 g/mol. The van der Waals surface area contributed by atoms with Gasteiger partial charge in [0.05, 0.1) is 5.69 Å². The van der Waals surface area contributed by atoms with E-state index in [1.165, 1.54) is 44.6 Å². The van der Waals surface area contributed by atoms with E-state index in [2.05, 4.69) is 10.3 Å². The summed E-state index contributed by atoms with van der Waals surface area (Å²) in [6, 6.07) is 6.79. The number of aromatic nitrogens is 3. The molecule has 1 aromatic carbocycles. The largest absolute Gasteiger partial charge is 0.359 e. The molecule has 4 fully saturated rings. The van der Waals surface area contributed by atoms with Crippen LogP contribution < -0.4 is 5.32 Å². The number of fused-ring (bicyclic) bond motifs is 1. The highest BCUT2D eigenvalue weighted by Gasteiger charge is 2.53. The van der Waals surface area contributed by atoms with Crippen molar-refractivity contribution in [2.45, 2.75) is 50.9 Å². The van der Waals surface area contributed by atoms with Crippen molar-refractivity contribution < 1.29 is 4.39 Å². The van der Waals surface area contributed by atoms with Gasteiger partial charge in [0.1, 0.15) is 17.5 Å². The molecular formula is C23H25FN4. The van der Waals surface area contributed by atoms with Crippen LogP contribution in [0.1, 0.15) is 50.0 Å². The molecule has 3 aromatic rings. The van der Waals surface area contributed by atoms with E-state index in [4.69, 9.17) is 9.97 Å². The Morgan fingerprint density at radius 3 is 2.46 bits per heavy atom. The van der Waals surface area contributed by atoms with Crippen molar-refractivity contribution >= 4 is 22.4 Å². The molecule has 0 spiro atoms. The van der Waals surface area contributed by atoms with E-state index >= 15 is 0 Å². The first-order chi connectivity index (χ1) is 13.6. The third-order valence-corrected chi connectivity index (χ3v) is 7.27. The average molecular weight is 376 g/mol. The fourth-order valence-electron chi connectivity index (χ4n) is 6.59. The molecule has 7 rings (SSSR count). The lowest BCUT2D eigenvalue weighted by Gasteiger charge is -2.56. The summed E-state index contributed by atoms with van der Waals surface area (Å²) in [5, 5.41) is 4.26. The minimum atomic E-state index is -0.233. The zero-order valence-electron chi connectivity index (χ0n) is 16.1. The minimum Gasteiger partial charge on any atom is -0.359 e. The van der Waals surface area contributed by atoms with Crippen molar-refractivity contribution in [3.63, 3.8) is 0 Å². The van der Waals surface area contributed by atoms with E-state index in [0.717, 1.165) is 51.7 Å². The van der Waals surface area contributed by atoms with Gasteiger partial charge in [-0.25, -0.2) is 14.4 Å². The van der Waals surface area contributed by atoms with E-state index in [-0.39, 0.29) is 11.2 Å². The van der Waals surface area contributed by atoms with E-state index < -0.39 is 0 Å². The Kier molecular flexibility index (Phi) is 3.41. The van der Waals surface area contributed by atoms with Crippen LogP contribution in [0.4, 0.5) is 15.9 Å². The first kappa shape index (κ1) is 16.5. The molecule has 4 aliphatic rings. The van der Waals surface area contributed by atoms with Crippen LogP contribution in [0.15, 0.2) is 30.5 Å². The maximum absolute atomic E-state index is 13.7. The maximum Gasteiger partial charge on any atom is 0.137 e. The predicted molar refractivity (Wildman–Crippen MR) is 108 cm³/mol. The Bertz CT molecular complexity index is 1030. The van der Waals surface area contributed by atoms with E-state index in [1.807, 2.05) is 19.2 Å². The molecule has 28 heavy (non-hydrogen) atoms. The number of anilines is 2. The average Bonchev–Trinajstić information content (AvgIpc) is 3.02. The Morgan fingerprint density at radius 1 is 1.04 bits per heavy atom. The molecule has 0 saturated heterocycles. The van der Waals surface area contributed by atoms with E-state index in [1.54, 1.807) is 12.1 Å². The van der Waals surface area contributed by atoms with Crippen molar-refractivity contribution in [3.8, 4) is 0 Å². The summed E-state index contributed by atoms with van der Waals surface area (Å²) in [6.07, 6.45) is 9.87. The van der Waals surface area contributed by atoms with Gasteiger partial charge in [-0.1, -0.05) is 0 Å². The number of hydrogen-bond acceptors (Lipinski definition) is 3. The second-order valence-electron chi connectivity index (χ2n) is 9.43. The molecule has 0 radical (unpaired) electrons. The van der Waals surface area contributed by atoms with Gasteiger partial charge in [-0.2, -0.15) is 0 Å². The minimum absolute atomic E-state index is 0.170. The number of aryl methyl sites for hydroxylation is 1. The zero-order chi connectivity index (χ0) is 18.9. The summed E-state index contributed by atoms with van der Waals surface area (Å²) >= 11 is 0. The fourth-order valence-corrected chi connectivity index (χ4v) is 6.59. The van der Waals surface area contributed by atoms with Crippen LogP contribution in [0.3, 0.4) is 0 Å². The number of hydrogen-bond donors (Lipinski definition) is 2. The van der Waals surface area contributed by atoms with Crippen LogP contribution in [0.2, 0.25) is 0 Å². The number of halogens is 1. The Morgan fingerprint density at radius 2 is 1.75 bits per heavy atom. The molecule has 0 aliphatic heterocycles. The molecule has 5 heteroatoms. The molecule has 0 unspecified atom stereocenters. The van der Waals surface area contributed by atoms with Gasteiger partial charge in [-0.15, -0.1) is 0 Å². The summed E-state index contributed by atoms with van der Waals surface area (Å²) in [4.78, 5) is 13.1. The van der Waals surface area contributed by atoms with Gasteiger partial charge in [0.2, 0.25) is 0 Å². The molecule has 0 amide bonds. The van der Waals surface area contributed by atoms with Gasteiger partial charge in [0, 0.05) is 34.3 Å². The molecule has 2 N–H and O–H groups in total. The topological polar surface area (TPSA) is 53.6 Å². The summed E-state index contributed by atoms with van der Waals surface area (Å²) < 4.78 is 13.7. The maximum atomic E-state index is 13.7. The van der Waals surface area contributed by atoms with Crippen LogP contribution in [-0.2, 0) is 5.41 Å². The van der Waals surface area contributed by atoms with Crippen molar-refractivity contribution in [1.82, 2.24) is 15.0 Å². The van der Waals surface area contributed by atoms with Crippen LogP contribution in [0.25, 0.3) is 10.9 Å². The molecule has 2 aromatic heterocycles. The first-order valence-electron chi connectivity index (χ1n) is 10.5. The number of aromatic amines is 1. The van der Waals surface area contributed by atoms with Crippen LogP contribution in [0.5, 0.6) is 0 Å². The van der Waals surface area contributed by atoms with Crippen LogP contribution in [-0.4, -0.2) is 15.0 Å². The van der Waals surface area contributed by atoms with Gasteiger partial charge in [0.15, 0.2) is 0 Å². The number of nitrogens with one attached hydrogen (secondary N) is 2. The Hall–Kier alpha value is -2.43. The smallest absolute Gasteiger partial charge is 0.137 e. The molecule has 0 atom stereocenters. The SMILES string of the molecule is Cc1cc(Nc2c[nH]c3ccc(F)cc23)nc(C23CC4CC(CC(C4)C2)C3)n1. The monoisotopic (exact) mass is 376 g/mol. The second-order valence-corrected chi connectivity index (χ2v) is 9.43. The van der Waals surface area contributed by atoms with Gasteiger partial charge in [-0.05, 0) is 81.4 Å². The lowest BCUT2D eigenvalue weighted by molar-refractivity contribution is -0.00940. The van der Waals surface area contributed by atoms with Crippen molar-refractivity contribution in [2.75, 3.05) is 5.32 Å². The standard InChI is InChI=1S/C23H25FN4/c1-13-4-21(27-20-12-25-19-3-2-17(24)8-18(19)20)28-22(26-13)23-9-14-5-15(10-23)7-16(6-14)11-23/h2-4,8,12,14-16,25H,5-7,9-11H2,1H3,(H,26,27,28). The third kappa shape index (κ3) is 2.55. The highest BCUT2D eigenvalue weighted by molar-refractivity contribution is 5.93. The quantitative estimate of drug-likeness (QED) is 0.624. The Balaban J connectivity index is 1.38. The van der Waals surface area contributed by atoms with Gasteiger partial charge < -0.3 is 10.3 Å². The molecule has 144 valence electrons. The third-order valence-electron chi connectivity index (χ3n) is 7.27. The summed E-state index contributed by atoms with van der Waals surface area (Å²) in [5.41, 5.74) is 2.93. The van der Waals surface area contributed by atoms with Crippen LogP contribution >= 0.6 is 0 Å². The second kappa shape index (κ2) is 5.79. The first-order valence-corrected chi connectivity index (χ1v) is 10.5. The fraction of sp³-hybridized carbons (Fsp3) is 0.478. The Labute approximate surface area is 164 Å². The lowest BCUT2D eigenvalue weighted by atomic mass is 9.49. The van der Waals surface area contributed by atoms with Gasteiger partial charge in [-0.3, -0.25) is 0 Å². The van der Waals surface area contributed by atoms with Crippen molar-refractivity contribution in [1.29, 1.82) is 0 Å². The predicted octanol–water partition coefficient (Wildman–Crippen LogP) is 5.62. The highest BCUT2D eigenvalue weighted by Crippen LogP contribution is 2.60. The number of rotatable bonds is 3. The summed E-state index contributed by atoms with van der Waals surface area (Å²) in [7, 11) is 0. The summed E-state index contributed by atoms with van der Waals surface area (Å²) in [5.74, 6) is 4.20. The lowest BCUT2D eigenvalue weighted by Crippen LogP contribution is -2.49. The van der Waals surface area contributed by atoms with Crippen molar-refractivity contribution in [2.24, 2.45) is 17.8 Å². The normalized spacial score (nSPS) is 30.9. The molecule has 2 heterocycles. The number of benzene rings is 1. The number of nitrogens with zero attached hydrogens (tertiary/aromatic N) is 2. The summed E-state index contributed by atoms with van der Waals surface area (Å²) in [6.45, 7) is 2.05. The van der Waals surface area contributed by atoms with E-state index in [9.17, 15) is 4.39 Å². The molecule has 4 bridgehead atoms. The highest BCUT2D eigenvalue weighted by atomic mass is 19.1. The van der Waals surface area contributed by atoms with Gasteiger partial charge in [0.25, 0.3) is 0 Å². The van der Waals surface area contributed by atoms with Crippen LogP contribution in [0, 0.1) is 30.5 Å². The zero-order valence-corrected chi connectivity index (χ0v) is 16.1. The van der Waals surface area contributed by atoms with Gasteiger partial charge >= 0.3 is 0 Å². The molecule has 4 saturated carbocycles. The number of H-pyrrole nitrogens is 1.